The molecule has 1 aliphatic rings. The summed E-state index contributed by atoms with van der Waals surface area (Å²) < 4.78 is 5.46. The van der Waals surface area contributed by atoms with Crippen molar-refractivity contribution in [3.63, 3.8) is 0 Å². The van der Waals surface area contributed by atoms with Crippen molar-refractivity contribution in [2.24, 2.45) is 0 Å². The fraction of sp³-hybridized carbons (Fsp3) is 0.333. The molecular weight excluding hydrogens is 188 g/mol. The van der Waals surface area contributed by atoms with Gasteiger partial charge in [0.05, 0.1) is 19.3 Å². The quantitative estimate of drug-likeness (QED) is 0.740. The third kappa shape index (κ3) is 1.64. The minimum atomic E-state index is 0.345. The molecule has 15 heavy (non-hydrogen) atoms. The van der Waals surface area contributed by atoms with E-state index in [1.54, 1.807) is 0 Å². The maximum atomic E-state index is 5.46. The van der Waals surface area contributed by atoms with Gasteiger partial charge in [0.25, 0.3) is 0 Å². The molecular formula is C12H14N2O. The van der Waals surface area contributed by atoms with Crippen LogP contribution in [0.3, 0.4) is 0 Å². The van der Waals surface area contributed by atoms with Crippen LogP contribution in [0.4, 0.5) is 0 Å². The van der Waals surface area contributed by atoms with Crippen LogP contribution < -0.4 is 5.32 Å². The van der Waals surface area contributed by atoms with Crippen LogP contribution in [0.2, 0.25) is 0 Å². The van der Waals surface area contributed by atoms with Crippen molar-refractivity contribution < 1.29 is 4.74 Å². The van der Waals surface area contributed by atoms with Crippen LogP contribution in [0, 0.1) is 0 Å². The summed E-state index contributed by atoms with van der Waals surface area (Å²) in [5.74, 6) is 0. The number of morpholine rings is 1. The van der Waals surface area contributed by atoms with Crippen LogP contribution in [0.25, 0.3) is 10.9 Å². The molecule has 1 fully saturated rings. The Kier molecular flexibility index (Phi) is 2.19. The number of benzene rings is 1. The van der Waals surface area contributed by atoms with Gasteiger partial charge in [0.15, 0.2) is 0 Å². The number of hydrogen-bond donors (Lipinski definition) is 2. The molecule has 2 heterocycles. The van der Waals surface area contributed by atoms with Crippen LogP contribution in [0.1, 0.15) is 11.6 Å². The normalized spacial score (nSPS) is 22.0. The van der Waals surface area contributed by atoms with Gasteiger partial charge in [-0.1, -0.05) is 6.07 Å². The van der Waals surface area contributed by atoms with Gasteiger partial charge >= 0.3 is 0 Å². The molecule has 1 saturated heterocycles. The summed E-state index contributed by atoms with van der Waals surface area (Å²) in [5.41, 5.74) is 2.50. The van der Waals surface area contributed by atoms with Crippen molar-refractivity contribution in [3.05, 3.63) is 36.0 Å². The standard InChI is InChI=1S/C12H14N2O/c1-2-11-10(3-4-13-11)7-9(1)12-8-15-6-5-14-12/h1-4,7,12-14H,5-6,8H2/t12-/m0/s1. The highest BCUT2D eigenvalue weighted by atomic mass is 16.5. The van der Waals surface area contributed by atoms with Gasteiger partial charge in [-0.05, 0) is 29.1 Å². The average Bonchev–Trinajstić information content (AvgIpc) is 2.77. The molecule has 0 amide bonds. The Morgan fingerprint density at radius 1 is 1.27 bits per heavy atom. The van der Waals surface area contributed by atoms with E-state index in [9.17, 15) is 0 Å². The number of aromatic amines is 1. The molecule has 3 rings (SSSR count). The molecule has 3 nitrogen and oxygen atoms in total. The number of hydrogen-bond acceptors (Lipinski definition) is 2. The van der Waals surface area contributed by atoms with E-state index in [1.807, 2.05) is 6.20 Å². The maximum Gasteiger partial charge on any atom is 0.0662 e. The molecule has 2 N–H and O–H groups in total. The summed E-state index contributed by atoms with van der Waals surface area (Å²) in [5, 5.41) is 4.72. The molecule has 1 aliphatic heterocycles. The monoisotopic (exact) mass is 202 g/mol. The Balaban J connectivity index is 1.95. The van der Waals surface area contributed by atoms with Gasteiger partial charge < -0.3 is 15.0 Å². The largest absolute Gasteiger partial charge is 0.378 e. The van der Waals surface area contributed by atoms with Crippen LogP contribution in [-0.2, 0) is 4.74 Å². The van der Waals surface area contributed by atoms with Gasteiger partial charge in [0.1, 0.15) is 0 Å². The molecule has 0 bridgehead atoms. The van der Waals surface area contributed by atoms with Crippen LogP contribution in [0.5, 0.6) is 0 Å². The zero-order valence-electron chi connectivity index (χ0n) is 8.49. The SMILES string of the molecule is c1cc2cc([C@@H]3COCCN3)ccc2[nH]1. The second-order valence-electron chi connectivity index (χ2n) is 3.91. The first-order valence-electron chi connectivity index (χ1n) is 5.32. The Morgan fingerprint density at radius 2 is 2.27 bits per heavy atom. The molecule has 1 aromatic heterocycles. The molecule has 2 aromatic rings. The lowest BCUT2D eigenvalue weighted by atomic mass is 10.1. The predicted molar refractivity (Wildman–Crippen MR) is 59.9 cm³/mol. The van der Waals surface area contributed by atoms with Gasteiger partial charge in [-0.25, -0.2) is 0 Å². The van der Waals surface area contributed by atoms with Crippen molar-refractivity contribution in [1.29, 1.82) is 0 Å². The highest BCUT2D eigenvalue weighted by molar-refractivity contribution is 5.80. The molecule has 0 saturated carbocycles. The third-order valence-electron chi connectivity index (χ3n) is 2.90. The van der Waals surface area contributed by atoms with Crippen molar-refractivity contribution >= 4 is 10.9 Å². The van der Waals surface area contributed by atoms with E-state index in [0.29, 0.717) is 6.04 Å². The van der Waals surface area contributed by atoms with Crippen molar-refractivity contribution in [2.75, 3.05) is 19.8 Å². The number of ether oxygens (including phenoxy) is 1. The molecule has 78 valence electrons. The van der Waals surface area contributed by atoms with Crippen molar-refractivity contribution in [2.45, 2.75) is 6.04 Å². The van der Waals surface area contributed by atoms with Gasteiger partial charge in [-0.15, -0.1) is 0 Å². The Bertz CT molecular complexity index is 457. The van der Waals surface area contributed by atoms with Crippen LogP contribution >= 0.6 is 0 Å². The minimum absolute atomic E-state index is 0.345. The third-order valence-corrected chi connectivity index (χ3v) is 2.90. The number of rotatable bonds is 1. The lowest BCUT2D eigenvalue weighted by Gasteiger charge is -2.24. The highest BCUT2D eigenvalue weighted by Crippen LogP contribution is 2.20. The van der Waals surface area contributed by atoms with Gasteiger partial charge in [0, 0.05) is 18.3 Å². The molecule has 0 unspecified atom stereocenters. The highest BCUT2D eigenvalue weighted by Gasteiger charge is 2.15. The van der Waals surface area contributed by atoms with E-state index in [-0.39, 0.29) is 0 Å². The van der Waals surface area contributed by atoms with Gasteiger partial charge in [-0.2, -0.15) is 0 Å². The van der Waals surface area contributed by atoms with Crippen molar-refractivity contribution in [3.8, 4) is 0 Å². The fourth-order valence-electron chi connectivity index (χ4n) is 2.07. The van der Waals surface area contributed by atoms with E-state index in [4.69, 9.17) is 4.74 Å². The Labute approximate surface area is 88.4 Å². The van der Waals surface area contributed by atoms with Crippen LogP contribution in [0.15, 0.2) is 30.5 Å². The van der Waals surface area contributed by atoms with Crippen molar-refractivity contribution in [1.82, 2.24) is 10.3 Å². The summed E-state index contributed by atoms with van der Waals surface area (Å²) in [7, 11) is 0. The molecule has 1 atom stereocenters. The lowest BCUT2D eigenvalue weighted by molar-refractivity contribution is 0.0769. The summed E-state index contributed by atoms with van der Waals surface area (Å²) >= 11 is 0. The molecule has 0 spiro atoms. The second kappa shape index (κ2) is 3.68. The Hall–Kier alpha value is -1.32. The first kappa shape index (κ1) is 8.95. The summed E-state index contributed by atoms with van der Waals surface area (Å²) in [6, 6.07) is 8.95. The topological polar surface area (TPSA) is 37.0 Å². The first-order chi connectivity index (χ1) is 7.43. The molecule has 3 heteroatoms. The molecule has 1 aromatic carbocycles. The fourth-order valence-corrected chi connectivity index (χ4v) is 2.07. The van der Waals surface area contributed by atoms with E-state index in [1.165, 1.54) is 16.5 Å². The molecule has 0 aliphatic carbocycles. The van der Waals surface area contributed by atoms with Crippen LogP contribution in [-0.4, -0.2) is 24.7 Å². The Morgan fingerprint density at radius 3 is 3.13 bits per heavy atom. The second-order valence-corrected chi connectivity index (χ2v) is 3.91. The molecule has 0 radical (unpaired) electrons. The smallest absolute Gasteiger partial charge is 0.0662 e. The zero-order valence-corrected chi connectivity index (χ0v) is 8.49. The summed E-state index contributed by atoms with van der Waals surface area (Å²) in [6.07, 6.45) is 1.97. The van der Waals surface area contributed by atoms with E-state index >= 15 is 0 Å². The predicted octanol–water partition coefficient (Wildman–Crippen LogP) is 1.83. The van der Waals surface area contributed by atoms with E-state index < -0.39 is 0 Å². The van der Waals surface area contributed by atoms with E-state index in [2.05, 4.69) is 34.6 Å². The number of nitrogens with one attached hydrogen (secondary N) is 2. The minimum Gasteiger partial charge on any atom is -0.378 e. The number of H-pyrrole nitrogens is 1. The van der Waals surface area contributed by atoms with Gasteiger partial charge in [-0.3, -0.25) is 0 Å². The lowest BCUT2D eigenvalue weighted by Crippen LogP contribution is -2.34. The first-order valence-corrected chi connectivity index (χ1v) is 5.32. The van der Waals surface area contributed by atoms with Gasteiger partial charge in [0.2, 0.25) is 0 Å². The summed E-state index contributed by atoms with van der Waals surface area (Å²) in [4.78, 5) is 3.20. The number of fused-ring (bicyclic) bond motifs is 1. The number of aromatic nitrogens is 1. The van der Waals surface area contributed by atoms with E-state index in [0.717, 1.165) is 19.8 Å². The summed E-state index contributed by atoms with van der Waals surface area (Å²) in [6.45, 7) is 2.54. The average molecular weight is 202 g/mol. The zero-order chi connectivity index (χ0) is 10.1. The maximum absolute atomic E-state index is 5.46.